The van der Waals surface area contributed by atoms with Gasteiger partial charge in [0.25, 0.3) is 5.91 Å². The SMILES string of the molecule is CC(=O)N1CCN(C(=O)c2ccnc(Cl)c2F)CC1. The third-order valence-electron chi connectivity index (χ3n) is 3.09. The maximum atomic E-state index is 13.7. The molecule has 1 aromatic heterocycles. The highest BCUT2D eigenvalue weighted by atomic mass is 35.5. The van der Waals surface area contributed by atoms with E-state index in [1.54, 1.807) is 4.90 Å². The Balaban J connectivity index is 2.09. The number of rotatable bonds is 1. The summed E-state index contributed by atoms with van der Waals surface area (Å²) in [6, 6.07) is 1.31. The van der Waals surface area contributed by atoms with E-state index in [4.69, 9.17) is 11.6 Å². The molecule has 0 saturated carbocycles. The van der Waals surface area contributed by atoms with Gasteiger partial charge in [0, 0.05) is 39.3 Å². The molecule has 0 atom stereocenters. The predicted molar refractivity (Wildman–Crippen MR) is 67.4 cm³/mol. The van der Waals surface area contributed by atoms with Crippen molar-refractivity contribution in [2.75, 3.05) is 26.2 Å². The molecular weight excluding hydrogens is 273 g/mol. The van der Waals surface area contributed by atoms with E-state index in [0.29, 0.717) is 26.2 Å². The van der Waals surface area contributed by atoms with Gasteiger partial charge in [0.2, 0.25) is 5.91 Å². The Morgan fingerprint density at radius 2 is 1.84 bits per heavy atom. The average Bonchev–Trinajstić information content (AvgIpc) is 2.41. The summed E-state index contributed by atoms with van der Waals surface area (Å²) in [7, 11) is 0. The van der Waals surface area contributed by atoms with Gasteiger partial charge < -0.3 is 9.80 Å². The van der Waals surface area contributed by atoms with Crippen molar-refractivity contribution >= 4 is 23.4 Å². The van der Waals surface area contributed by atoms with Crippen molar-refractivity contribution in [3.63, 3.8) is 0 Å². The highest BCUT2D eigenvalue weighted by Crippen LogP contribution is 2.17. The fourth-order valence-corrected chi connectivity index (χ4v) is 2.14. The van der Waals surface area contributed by atoms with Gasteiger partial charge in [0.1, 0.15) is 0 Å². The third kappa shape index (κ3) is 2.84. The zero-order valence-electron chi connectivity index (χ0n) is 10.4. The van der Waals surface area contributed by atoms with E-state index >= 15 is 0 Å². The van der Waals surface area contributed by atoms with Gasteiger partial charge in [-0.25, -0.2) is 9.37 Å². The smallest absolute Gasteiger partial charge is 0.257 e. The van der Waals surface area contributed by atoms with Gasteiger partial charge in [0.15, 0.2) is 11.0 Å². The molecule has 0 spiro atoms. The van der Waals surface area contributed by atoms with Gasteiger partial charge >= 0.3 is 0 Å². The van der Waals surface area contributed by atoms with Crippen LogP contribution < -0.4 is 0 Å². The van der Waals surface area contributed by atoms with E-state index in [0.717, 1.165) is 0 Å². The minimum Gasteiger partial charge on any atom is -0.339 e. The maximum absolute atomic E-state index is 13.7. The minimum atomic E-state index is -0.803. The van der Waals surface area contributed by atoms with Crippen molar-refractivity contribution < 1.29 is 14.0 Å². The average molecular weight is 286 g/mol. The van der Waals surface area contributed by atoms with Crippen molar-refractivity contribution in [2.45, 2.75) is 6.92 Å². The summed E-state index contributed by atoms with van der Waals surface area (Å²) in [4.78, 5) is 30.1. The minimum absolute atomic E-state index is 0.0229. The topological polar surface area (TPSA) is 53.5 Å². The summed E-state index contributed by atoms with van der Waals surface area (Å²) in [5.74, 6) is -1.25. The molecule has 0 unspecified atom stereocenters. The molecule has 1 saturated heterocycles. The lowest BCUT2D eigenvalue weighted by Gasteiger charge is -2.34. The summed E-state index contributed by atoms with van der Waals surface area (Å²) in [5.41, 5.74) is -0.0868. The second kappa shape index (κ2) is 5.52. The van der Waals surface area contributed by atoms with Gasteiger partial charge in [-0.05, 0) is 6.07 Å². The van der Waals surface area contributed by atoms with Crippen molar-refractivity contribution in [3.05, 3.63) is 28.8 Å². The van der Waals surface area contributed by atoms with Gasteiger partial charge in [-0.1, -0.05) is 11.6 Å². The number of nitrogens with zero attached hydrogens (tertiary/aromatic N) is 3. The van der Waals surface area contributed by atoms with Crippen molar-refractivity contribution in [3.8, 4) is 0 Å². The van der Waals surface area contributed by atoms with E-state index in [1.807, 2.05) is 0 Å². The molecule has 7 heteroatoms. The fourth-order valence-electron chi connectivity index (χ4n) is 1.98. The summed E-state index contributed by atoms with van der Waals surface area (Å²) in [5, 5.41) is -0.312. The number of aromatic nitrogens is 1. The molecular formula is C12H13ClFN3O2. The largest absolute Gasteiger partial charge is 0.339 e. The third-order valence-corrected chi connectivity index (χ3v) is 3.35. The van der Waals surface area contributed by atoms with Crippen molar-refractivity contribution in [1.82, 2.24) is 14.8 Å². The molecule has 0 radical (unpaired) electrons. The highest BCUT2D eigenvalue weighted by Gasteiger charge is 2.25. The van der Waals surface area contributed by atoms with Crippen molar-refractivity contribution in [2.24, 2.45) is 0 Å². The summed E-state index contributed by atoms with van der Waals surface area (Å²) in [6.45, 7) is 3.18. The highest BCUT2D eigenvalue weighted by molar-refractivity contribution is 6.29. The molecule has 2 amide bonds. The molecule has 2 rings (SSSR count). The van der Waals surface area contributed by atoms with Gasteiger partial charge in [0.05, 0.1) is 5.56 Å². The summed E-state index contributed by atoms with van der Waals surface area (Å²) < 4.78 is 13.7. The molecule has 1 aliphatic heterocycles. The molecule has 102 valence electrons. The lowest BCUT2D eigenvalue weighted by Crippen LogP contribution is -2.50. The van der Waals surface area contributed by atoms with Crippen LogP contribution in [0.3, 0.4) is 0 Å². The van der Waals surface area contributed by atoms with E-state index in [2.05, 4.69) is 4.98 Å². The van der Waals surface area contributed by atoms with Gasteiger partial charge in [-0.2, -0.15) is 0 Å². The van der Waals surface area contributed by atoms with E-state index in [9.17, 15) is 14.0 Å². The Morgan fingerprint density at radius 3 is 2.42 bits per heavy atom. The number of piperazine rings is 1. The van der Waals surface area contributed by atoms with Crippen LogP contribution in [0, 0.1) is 5.82 Å². The lowest BCUT2D eigenvalue weighted by atomic mass is 10.2. The van der Waals surface area contributed by atoms with Crippen LogP contribution >= 0.6 is 11.6 Å². The standard InChI is InChI=1S/C12H13ClFN3O2/c1-8(18)16-4-6-17(7-5-16)12(19)9-2-3-15-11(13)10(9)14/h2-3H,4-7H2,1H3. The van der Waals surface area contributed by atoms with Crippen molar-refractivity contribution in [1.29, 1.82) is 0 Å². The summed E-state index contributed by atoms with van der Waals surface area (Å²) in [6.07, 6.45) is 1.30. The zero-order valence-corrected chi connectivity index (χ0v) is 11.2. The zero-order chi connectivity index (χ0) is 14.0. The van der Waals surface area contributed by atoms with Crippen LogP contribution in [0.25, 0.3) is 0 Å². The van der Waals surface area contributed by atoms with Crippen LogP contribution in [0.1, 0.15) is 17.3 Å². The van der Waals surface area contributed by atoms with E-state index in [1.165, 1.54) is 24.1 Å². The van der Waals surface area contributed by atoms with Crippen LogP contribution in [0.15, 0.2) is 12.3 Å². The lowest BCUT2D eigenvalue weighted by molar-refractivity contribution is -0.130. The number of hydrogen-bond donors (Lipinski definition) is 0. The first-order chi connectivity index (χ1) is 9.00. The molecule has 5 nitrogen and oxygen atoms in total. The molecule has 1 fully saturated rings. The Kier molecular flexibility index (Phi) is 3.99. The number of halogens is 2. The first kappa shape index (κ1) is 13.7. The summed E-state index contributed by atoms with van der Waals surface area (Å²) >= 11 is 5.55. The van der Waals surface area contributed by atoms with Crippen LogP contribution in [0.2, 0.25) is 5.15 Å². The maximum Gasteiger partial charge on any atom is 0.257 e. The van der Waals surface area contributed by atoms with Crippen LogP contribution in [0.4, 0.5) is 4.39 Å². The van der Waals surface area contributed by atoms with Gasteiger partial charge in [-0.3, -0.25) is 9.59 Å². The first-order valence-electron chi connectivity index (χ1n) is 5.85. The van der Waals surface area contributed by atoms with E-state index < -0.39 is 11.7 Å². The Hall–Kier alpha value is -1.69. The number of amides is 2. The van der Waals surface area contributed by atoms with E-state index in [-0.39, 0.29) is 16.6 Å². The molecule has 1 aromatic rings. The fraction of sp³-hybridized carbons (Fsp3) is 0.417. The Labute approximate surface area is 115 Å². The Bertz CT molecular complexity index is 516. The number of carbonyl (C=O) groups is 2. The molecule has 0 N–H and O–H groups in total. The second-order valence-corrected chi connectivity index (χ2v) is 4.62. The van der Waals surface area contributed by atoms with Gasteiger partial charge in [-0.15, -0.1) is 0 Å². The number of pyridine rings is 1. The monoisotopic (exact) mass is 285 g/mol. The molecule has 0 aliphatic carbocycles. The first-order valence-corrected chi connectivity index (χ1v) is 6.23. The molecule has 2 heterocycles. The molecule has 1 aliphatic rings. The Morgan fingerprint density at radius 1 is 1.26 bits per heavy atom. The van der Waals surface area contributed by atoms with Crippen LogP contribution in [-0.2, 0) is 4.79 Å². The predicted octanol–water partition coefficient (Wildman–Crippen LogP) is 1.18. The second-order valence-electron chi connectivity index (χ2n) is 4.26. The molecule has 0 bridgehead atoms. The number of hydrogen-bond acceptors (Lipinski definition) is 3. The number of carbonyl (C=O) groups excluding carboxylic acids is 2. The molecule has 0 aromatic carbocycles. The normalized spacial score (nSPS) is 15.5. The van der Waals surface area contributed by atoms with Crippen LogP contribution in [-0.4, -0.2) is 52.8 Å². The van der Waals surface area contributed by atoms with Crippen LogP contribution in [0.5, 0.6) is 0 Å². The quantitative estimate of drug-likeness (QED) is 0.728. The molecule has 19 heavy (non-hydrogen) atoms.